The Kier molecular flexibility index (Phi) is 7.47. The smallest absolute Gasteiger partial charge is 0.455 e. The summed E-state index contributed by atoms with van der Waals surface area (Å²) in [5, 5.41) is 2.81. The van der Waals surface area contributed by atoms with Gasteiger partial charge in [-0.2, -0.15) is 0 Å². The van der Waals surface area contributed by atoms with Gasteiger partial charge >= 0.3 is 6.36 Å². The summed E-state index contributed by atoms with van der Waals surface area (Å²) >= 11 is 0. The summed E-state index contributed by atoms with van der Waals surface area (Å²) in [5.74, 6) is -1.73. The number of amides is 1. The lowest BCUT2D eigenvalue weighted by Crippen LogP contribution is -2.25. The second-order valence-electron chi connectivity index (χ2n) is 10.2. The molecule has 46 heavy (non-hydrogen) atoms. The number of anilines is 1. The SMILES string of the molecule is CNC(=O)c1c(-c2ccc(F)cc2)oc2cc(N(C)S(C)(=O)=O)c(-c3ccc(OC(F)(F)F)c(-c4nc5ccccc5o4)c3)cc12. The molecule has 6 aromatic rings. The van der Waals surface area contributed by atoms with E-state index >= 15 is 0 Å². The first-order valence-corrected chi connectivity index (χ1v) is 15.4. The molecule has 4 aromatic carbocycles. The third-order valence-corrected chi connectivity index (χ3v) is 8.44. The lowest BCUT2D eigenvalue weighted by atomic mass is 9.97. The van der Waals surface area contributed by atoms with Crippen LogP contribution in [0.1, 0.15) is 10.4 Å². The molecule has 2 aromatic heterocycles. The van der Waals surface area contributed by atoms with Gasteiger partial charge in [-0.15, -0.1) is 13.2 Å². The summed E-state index contributed by atoms with van der Waals surface area (Å²) in [6.45, 7) is 0. The Hall–Kier alpha value is -5.37. The van der Waals surface area contributed by atoms with Gasteiger partial charge in [-0.1, -0.05) is 18.2 Å². The number of sulfonamides is 1. The predicted molar refractivity (Wildman–Crippen MR) is 163 cm³/mol. The van der Waals surface area contributed by atoms with Gasteiger partial charge in [-0.3, -0.25) is 9.10 Å². The first-order chi connectivity index (χ1) is 21.7. The number of oxazole rings is 1. The van der Waals surface area contributed by atoms with E-state index in [2.05, 4.69) is 15.0 Å². The van der Waals surface area contributed by atoms with Crippen LogP contribution >= 0.6 is 0 Å². The number of alkyl halides is 3. The highest BCUT2D eigenvalue weighted by Gasteiger charge is 2.33. The fourth-order valence-corrected chi connectivity index (χ4v) is 5.53. The average Bonchev–Trinajstić information content (AvgIpc) is 3.60. The van der Waals surface area contributed by atoms with Gasteiger partial charge in [-0.05, 0) is 60.2 Å². The van der Waals surface area contributed by atoms with Crippen molar-refractivity contribution in [3.8, 4) is 39.7 Å². The van der Waals surface area contributed by atoms with Crippen LogP contribution in [0.15, 0.2) is 87.7 Å². The van der Waals surface area contributed by atoms with E-state index in [1.54, 1.807) is 24.3 Å². The minimum atomic E-state index is -5.04. The molecule has 14 heteroatoms. The summed E-state index contributed by atoms with van der Waals surface area (Å²) in [4.78, 5) is 17.5. The zero-order valence-electron chi connectivity index (χ0n) is 24.3. The molecule has 1 N–H and O–H groups in total. The van der Waals surface area contributed by atoms with Crippen molar-refractivity contribution in [1.82, 2.24) is 10.3 Å². The topological polar surface area (TPSA) is 115 Å². The number of benzene rings is 4. The van der Waals surface area contributed by atoms with Gasteiger partial charge in [0.25, 0.3) is 5.91 Å². The zero-order chi connectivity index (χ0) is 33.0. The van der Waals surface area contributed by atoms with Crippen molar-refractivity contribution in [2.24, 2.45) is 0 Å². The van der Waals surface area contributed by atoms with Crippen LogP contribution in [0.5, 0.6) is 5.75 Å². The standard InChI is InChI=1S/C32H23F4N3O6S/c1-37-30(40)28-21-15-20(24(39(2)46(3,41)42)16-27(21)43-29(28)17-8-11-19(33)12-9-17)18-10-13-25(45-32(34,35)36)22(14-18)31-38-23-6-4-5-7-26(23)44-31/h4-16H,1-3H3,(H,37,40). The summed E-state index contributed by atoms with van der Waals surface area (Å²) < 4.78 is 96.7. The maximum Gasteiger partial charge on any atom is 0.573 e. The normalized spacial score (nSPS) is 12.1. The number of carbonyl (C=O) groups excluding carboxylic acids is 1. The van der Waals surface area contributed by atoms with Gasteiger partial charge in [0.05, 0.1) is 23.1 Å². The molecule has 0 aliphatic carbocycles. The summed E-state index contributed by atoms with van der Waals surface area (Å²) in [5.41, 5.74) is 1.68. The van der Waals surface area contributed by atoms with Gasteiger partial charge < -0.3 is 18.9 Å². The molecule has 0 saturated heterocycles. The lowest BCUT2D eigenvalue weighted by Gasteiger charge is -2.21. The molecule has 0 aliphatic heterocycles. The molecule has 6 rings (SSSR count). The van der Waals surface area contributed by atoms with E-state index in [0.29, 0.717) is 16.7 Å². The number of ether oxygens (including phenoxy) is 1. The van der Waals surface area contributed by atoms with Crippen molar-refractivity contribution in [1.29, 1.82) is 0 Å². The van der Waals surface area contributed by atoms with Crippen LogP contribution in [-0.2, 0) is 10.0 Å². The van der Waals surface area contributed by atoms with E-state index in [-0.39, 0.29) is 50.6 Å². The molecule has 236 valence electrons. The monoisotopic (exact) mass is 653 g/mol. The van der Waals surface area contributed by atoms with Crippen molar-refractivity contribution < 1.29 is 44.3 Å². The molecular weight excluding hydrogens is 630 g/mol. The molecule has 0 atom stereocenters. The number of aromatic nitrogens is 1. The Labute approximate surface area is 259 Å². The minimum Gasteiger partial charge on any atom is -0.455 e. The zero-order valence-corrected chi connectivity index (χ0v) is 25.1. The fraction of sp³-hybridized carbons (Fsp3) is 0.125. The third kappa shape index (κ3) is 5.74. The van der Waals surface area contributed by atoms with E-state index in [1.165, 1.54) is 62.6 Å². The highest BCUT2D eigenvalue weighted by Crippen LogP contribution is 2.44. The average molecular weight is 654 g/mol. The van der Waals surface area contributed by atoms with E-state index in [4.69, 9.17) is 8.83 Å². The minimum absolute atomic E-state index is 0.0788. The van der Waals surface area contributed by atoms with Crippen molar-refractivity contribution >= 4 is 43.7 Å². The number of halogens is 4. The summed E-state index contributed by atoms with van der Waals surface area (Å²) in [7, 11) is -1.17. The maximum atomic E-state index is 13.7. The van der Waals surface area contributed by atoms with Crippen LogP contribution in [0.2, 0.25) is 0 Å². The predicted octanol–water partition coefficient (Wildman–Crippen LogP) is 7.37. The van der Waals surface area contributed by atoms with Gasteiger partial charge in [0, 0.05) is 36.7 Å². The fourth-order valence-electron chi connectivity index (χ4n) is 5.02. The van der Waals surface area contributed by atoms with Crippen LogP contribution in [0.4, 0.5) is 23.2 Å². The molecule has 0 radical (unpaired) electrons. The second kappa shape index (κ2) is 11.2. The number of hydrogen-bond donors (Lipinski definition) is 1. The van der Waals surface area contributed by atoms with E-state index in [9.17, 15) is 30.8 Å². The molecule has 0 saturated carbocycles. The van der Waals surface area contributed by atoms with Crippen LogP contribution in [0.25, 0.3) is 56.0 Å². The molecule has 0 bridgehead atoms. The molecule has 9 nitrogen and oxygen atoms in total. The van der Waals surface area contributed by atoms with Gasteiger partial charge in [0.2, 0.25) is 15.9 Å². The third-order valence-electron chi connectivity index (χ3n) is 7.24. The largest absolute Gasteiger partial charge is 0.573 e. The number of para-hydroxylation sites is 2. The van der Waals surface area contributed by atoms with Crippen molar-refractivity contribution in [2.45, 2.75) is 6.36 Å². The Balaban J connectivity index is 1.64. The Bertz CT molecular complexity index is 2210. The van der Waals surface area contributed by atoms with E-state index in [1.807, 2.05) is 0 Å². The Morgan fingerprint density at radius 3 is 2.26 bits per heavy atom. The number of hydrogen-bond acceptors (Lipinski definition) is 7. The van der Waals surface area contributed by atoms with Crippen LogP contribution in [0, 0.1) is 5.82 Å². The van der Waals surface area contributed by atoms with Gasteiger partial charge in [0.1, 0.15) is 28.4 Å². The van der Waals surface area contributed by atoms with Crippen LogP contribution in [0.3, 0.4) is 0 Å². The Morgan fingerprint density at radius 1 is 0.913 bits per heavy atom. The van der Waals surface area contributed by atoms with Gasteiger partial charge in [0.15, 0.2) is 5.58 Å². The number of rotatable bonds is 7. The number of fused-ring (bicyclic) bond motifs is 2. The molecule has 1 amide bonds. The van der Waals surface area contributed by atoms with E-state index < -0.39 is 33.9 Å². The van der Waals surface area contributed by atoms with Crippen molar-refractivity contribution in [2.75, 3.05) is 24.7 Å². The molecular formula is C32H23F4N3O6S. The number of carbonyl (C=O) groups is 1. The first-order valence-electron chi connectivity index (χ1n) is 13.5. The highest BCUT2D eigenvalue weighted by molar-refractivity contribution is 7.92. The van der Waals surface area contributed by atoms with Crippen molar-refractivity contribution in [3.63, 3.8) is 0 Å². The molecule has 0 unspecified atom stereocenters. The molecule has 0 fully saturated rings. The highest BCUT2D eigenvalue weighted by atomic mass is 32.2. The van der Waals surface area contributed by atoms with Crippen molar-refractivity contribution in [3.05, 3.63) is 90.2 Å². The number of nitrogens with zero attached hydrogens (tertiary/aromatic N) is 2. The van der Waals surface area contributed by atoms with E-state index in [0.717, 1.165) is 16.6 Å². The number of nitrogens with one attached hydrogen (secondary N) is 1. The Morgan fingerprint density at radius 2 is 1.61 bits per heavy atom. The summed E-state index contributed by atoms with van der Waals surface area (Å²) in [6, 6.07) is 18.5. The van der Waals surface area contributed by atoms with Crippen LogP contribution in [-0.4, -0.2) is 46.0 Å². The van der Waals surface area contributed by atoms with Crippen LogP contribution < -0.4 is 14.4 Å². The number of furan rings is 1. The first kappa shape index (κ1) is 30.6. The van der Waals surface area contributed by atoms with Gasteiger partial charge in [-0.25, -0.2) is 17.8 Å². The molecule has 2 heterocycles. The summed E-state index contributed by atoms with van der Waals surface area (Å²) in [6.07, 6.45) is -4.06. The second-order valence-corrected chi connectivity index (χ2v) is 12.2. The quantitative estimate of drug-likeness (QED) is 0.179. The molecule has 0 aliphatic rings. The lowest BCUT2D eigenvalue weighted by molar-refractivity contribution is -0.274. The molecule has 0 spiro atoms. The maximum absolute atomic E-state index is 13.7.